The Bertz CT molecular complexity index is 1150. The number of anilines is 1. The average Bonchev–Trinajstić information content (AvgIpc) is 3.35. The third kappa shape index (κ3) is 7.04. The minimum Gasteiger partial charge on any atom is -0.486 e. The van der Waals surface area contributed by atoms with Crippen molar-refractivity contribution in [2.75, 3.05) is 51.6 Å². The second-order valence-corrected chi connectivity index (χ2v) is 9.21. The number of rotatable bonds is 9. The highest BCUT2D eigenvalue weighted by Crippen LogP contribution is 2.18. The van der Waals surface area contributed by atoms with Gasteiger partial charge in [0, 0.05) is 44.8 Å². The Labute approximate surface area is 206 Å². The Morgan fingerprint density at radius 2 is 1.77 bits per heavy atom. The van der Waals surface area contributed by atoms with Crippen molar-refractivity contribution in [1.29, 1.82) is 0 Å². The number of likely N-dealkylation sites (N-methyl/N-ethyl adjacent to an activating group) is 1. The molecule has 2 N–H and O–H groups in total. The van der Waals surface area contributed by atoms with E-state index in [1.807, 2.05) is 0 Å². The summed E-state index contributed by atoms with van der Waals surface area (Å²) in [7, 11) is 2.12. The van der Waals surface area contributed by atoms with Crippen LogP contribution in [0.2, 0.25) is 0 Å². The summed E-state index contributed by atoms with van der Waals surface area (Å²) >= 11 is 1.06. The molecule has 184 valence electrons. The van der Waals surface area contributed by atoms with Gasteiger partial charge in [0.25, 0.3) is 11.8 Å². The van der Waals surface area contributed by atoms with Gasteiger partial charge in [-0.3, -0.25) is 14.5 Å². The van der Waals surface area contributed by atoms with Gasteiger partial charge in [0.05, 0.1) is 5.69 Å². The van der Waals surface area contributed by atoms with Gasteiger partial charge in [0.15, 0.2) is 5.01 Å². The van der Waals surface area contributed by atoms with Gasteiger partial charge in [-0.05, 0) is 43.4 Å². The minimum atomic E-state index is -0.540. The van der Waals surface area contributed by atoms with Gasteiger partial charge >= 0.3 is 0 Å². The van der Waals surface area contributed by atoms with E-state index in [0.29, 0.717) is 22.9 Å². The molecule has 2 heterocycles. The molecule has 11 heteroatoms. The normalized spacial score (nSPS) is 14.5. The molecule has 0 aliphatic carbocycles. The summed E-state index contributed by atoms with van der Waals surface area (Å²) in [6.45, 7) is 5.69. The maximum atomic E-state index is 13.7. The maximum absolute atomic E-state index is 13.7. The second-order valence-electron chi connectivity index (χ2n) is 8.15. The predicted molar refractivity (Wildman–Crippen MR) is 131 cm³/mol. The predicted octanol–water partition coefficient (Wildman–Crippen LogP) is 2.49. The van der Waals surface area contributed by atoms with Crippen molar-refractivity contribution in [3.05, 3.63) is 69.9 Å². The van der Waals surface area contributed by atoms with E-state index in [1.54, 1.807) is 36.4 Å². The highest BCUT2D eigenvalue weighted by Gasteiger charge is 2.16. The fourth-order valence-corrected chi connectivity index (χ4v) is 4.14. The first-order valence-corrected chi connectivity index (χ1v) is 12.1. The molecule has 0 saturated carbocycles. The number of para-hydroxylation sites is 1. The molecule has 1 fully saturated rings. The molecule has 1 aromatic heterocycles. The maximum Gasteiger partial charge on any atom is 0.286 e. The van der Waals surface area contributed by atoms with E-state index in [-0.39, 0.29) is 23.2 Å². The summed E-state index contributed by atoms with van der Waals surface area (Å²) in [5.74, 6) is -0.630. The third-order valence-electron chi connectivity index (χ3n) is 5.57. The van der Waals surface area contributed by atoms with Gasteiger partial charge < -0.3 is 20.3 Å². The number of benzene rings is 2. The van der Waals surface area contributed by atoms with Gasteiger partial charge in [-0.15, -0.1) is 10.2 Å². The molecule has 0 radical (unpaired) electrons. The molecule has 9 nitrogen and oxygen atoms in total. The lowest BCUT2D eigenvalue weighted by molar-refractivity contribution is 0.0940. The number of amides is 2. The van der Waals surface area contributed by atoms with E-state index in [4.69, 9.17) is 4.74 Å². The Hall–Kier alpha value is -3.41. The molecule has 0 spiro atoms. The van der Waals surface area contributed by atoms with Crippen molar-refractivity contribution < 1.29 is 18.7 Å². The van der Waals surface area contributed by atoms with E-state index >= 15 is 0 Å². The number of halogens is 1. The quantitative estimate of drug-likeness (QED) is 0.468. The lowest BCUT2D eigenvalue weighted by Gasteiger charge is -2.32. The van der Waals surface area contributed by atoms with E-state index in [0.717, 1.165) is 44.1 Å². The Morgan fingerprint density at radius 3 is 2.51 bits per heavy atom. The van der Waals surface area contributed by atoms with Crippen LogP contribution in [-0.2, 0) is 6.61 Å². The number of piperazine rings is 1. The van der Waals surface area contributed by atoms with Crippen molar-refractivity contribution >= 4 is 28.8 Å². The van der Waals surface area contributed by atoms with Crippen LogP contribution in [0.1, 0.15) is 25.2 Å². The zero-order valence-corrected chi connectivity index (χ0v) is 20.2. The number of hydrogen-bond donors (Lipinski definition) is 2. The van der Waals surface area contributed by atoms with Gasteiger partial charge in [0.1, 0.15) is 18.2 Å². The second kappa shape index (κ2) is 11.8. The number of carbonyl (C=O) groups is 2. The number of aromatic nitrogens is 2. The van der Waals surface area contributed by atoms with Crippen LogP contribution in [0, 0.1) is 5.82 Å². The number of nitrogens with one attached hydrogen (secondary N) is 2. The largest absolute Gasteiger partial charge is 0.486 e. The molecule has 1 aliphatic rings. The first-order valence-electron chi connectivity index (χ1n) is 11.3. The van der Waals surface area contributed by atoms with Gasteiger partial charge in [-0.25, -0.2) is 4.39 Å². The van der Waals surface area contributed by atoms with Crippen molar-refractivity contribution in [1.82, 2.24) is 25.3 Å². The third-order valence-corrected chi connectivity index (χ3v) is 6.47. The molecule has 0 bridgehead atoms. The number of ether oxygens (including phenoxy) is 1. The lowest BCUT2D eigenvalue weighted by Crippen LogP contribution is -2.46. The van der Waals surface area contributed by atoms with Crippen LogP contribution in [0.15, 0.2) is 48.5 Å². The van der Waals surface area contributed by atoms with Gasteiger partial charge in [0.2, 0.25) is 5.01 Å². The topological polar surface area (TPSA) is 99.7 Å². The summed E-state index contributed by atoms with van der Waals surface area (Å²) in [5.41, 5.74) is 0.632. The Balaban J connectivity index is 1.21. The van der Waals surface area contributed by atoms with Crippen molar-refractivity contribution in [3.8, 4) is 5.75 Å². The minimum absolute atomic E-state index is 0.0777. The fraction of sp³-hybridized carbons (Fsp3) is 0.333. The summed E-state index contributed by atoms with van der Waals surface area (Å²) < 4.78 is 19.4. The highest BCUT2D eigenvalue weighted by atomic mass is 32.1. The molecule has 1 aliphatic heterocycles. The molecule has 0 unspecified atom stereocenters. The molecule has 2 amide bonds. The van der Waals surface area contributed by atoms with Gasteiger partial charge in [-0.1, -0.05) is 23.5 Å². The summed E-state index contributed by atoms with van der Waals surface area (Å²) in [4.78, 5) is 29.3. The molecular weight excluding hydrogens is 471 g/mol. The van der Waals surface area contributed by atoms with Crippen molar-refractivity contribution in [2.24, 2.45) is 0 Å². The molecule has 4 rings (SSSR count). The summed E-state index contributed by atoms with van der Waals surface area (Å²) in [6, 6.07) is 12.7. The van der Waals surface area contributed by atoms with Crippen LogP contribution in [-0.4, -0.2) is 78.1 Å². The van der Waals surface area contributed by atoms with Crippen LogP contribution in [0.25, 0.3) is 0 Å². The van der Waals surface area contributed by atoms with E-state index < -0.39 is 11.7 Å². The molecular formula is C24H27FN6O3S. The number of hydrogen-bond acceptors (Lipinski definition) is 8. The SMILES string of the molecule is CN1CCN(CCNC(=O)c2ccc(OCc3nnc(C(=O)Nc4ccccc4F)s3)cc2)CC1. The van der Waals surface area contributed by atoms with E-state index in [1.165, 1.54) is 12.1 Å². The number of carbonyl (C=O) groups excluding carboxylic acids is 2. The summed E-state index contributed by atoms with van der Waals surface area (Å²) in [5, 5.41) is 13.8. The molecule has 0 atom stereocenters. The smallest absolute Gasteiger partial charge is 0.286 e. The van der Waals surface area contributed by atoms with Crippen LogP contribution < -0.4 is 15.4 Å². The van der Waals surface area contributed by atoms with Gasteiger partial charge in [-0.2, -0.15) is 0 Å². The standard InChI is InChI=1S/C24H27FN6O3S/c1-30-12-14-31(15-13-30)11-10-26-22(32)17-6-8-18(9-7-17)34-16-21-28-29-24(35-21)23(33)27-20-5-3-2-4-19(20)25/h2-9H,10-16H2,1H3,(H,26,32)(H,27,33). The first kappa shape index (κ1) is 24.7. The van der Waals surface area contributed by atoms with E-state index in [2.05, 4.69) is 37.7 Å². The first-order chi connectivity index (χ1) is 17.0. The zero-order chi connectivity index (χ0) is 24.6. The summed E-state index contributed by atoms with van der Waals surface area (Å²) in [6.07, 6.45) is 0. The Kier molecular flexibility index (Phi) is 8.35. The van der Waals surface area contributed by atoms with Crippen LogP contribution in [0.3, 0.4) is 0 Å². The fourth-order valence-electron chi connectivity index (χ4n) is 3.49. The zero-order valence-electron chi connectivity index (χ0n) is 19.4. The van der Waals surface area contributed by atoms with Crippen LogP contribution >= 0.6 is 11.3 Å². The van der Waals surface area contributed by atoms with E-state index in [9.17, 15) is 14.0 Å². The van der Waals surface area contributed by atoms with Crippen molar-refractivity contribution in [3.63, 3.8) is 0 Å². The average molecular weight is 499 g/mol. The van der Waals surface area contributed by atoms with Crippen LogP contribution in [0.4, 0.5) is 10.1 Å². The van der Waals surface area contributed by atoms with Crippen molar-refractivity contribution in [2.45, 2.75) is 6.61 Å². The van der Waals surface area contributed by atoms with Crippen LogP contribution in [0.5, 0.6) is 5.75 Å². The molecule has 1 saturated heterocycles. The molecule has 35 heavy (non-hydrogen) atoms. The number of nitrogens with zero attached hydrogens (tertiary/aromatic N) is 4. The Morgan fingerprint density at radius 1 is 1.03 bits per heavy atom. The highest BCUT2D eigenvalue weighted by molar-refractivity contribution is 7.13. The monoisotopic (exact) mass is 498 g/mol. The molecule has 2 aromatic carbocycles. The lowest BCUT2D eigenvalue weighted by atomic mass is 10.2. The molecule has 3 aromatic rings.